The van der Waals surface area contributed by atoms with Crippen molar-refractivity contribution in [1.82, 2.24) is 14.5 Å². The molecule has 0 bridgehead atoms. The topological polar surface area (TPSA) is 50.9 Å². The summed E-state index contributed by atoms with van der Waals surface area (Å²) >= 11 is 3.31. The van der Waals surface area contributed by atoms with Crippen LogP contribution in [-0.4, -0.2) is 19.6 Å². The molecule has 1 N–H and O–H groups in total. The molecule has 0 unspecified atom stereocenters. The van der Waals surface area contributed by atoms with Gasteiger partial charge >= 0.3 is 0 Å². The van der Waals surface area contributed by atoms with Gasteiger partial charge in [-0.05, 0) is 22.0 Å². The zero-order valence-corrected chi connectivity index (χ0v) is 9.72. The number of aromatic nitrogens is 3. The Hall–Kier alpha value is -1.20. The van der Waals surface area contributed by atoms with Crippen LogP contribution in [0.3, 0.4) is 0 Å². The highest BCUT2D eigenvalue weighted by atomic mass is 79.9. The van der Waals surface area contributed by atoms with Crippen molar-refractivity contribution < 1.29 is 5.11 Å². The van der Waals surface area contributed by atoms with Crippen LogP contribution in [-0.2, 0) is 7.05 Å². The van der Waals surface area contributed by atoms with E-state index in [4.69, 9.17) is 0 Å². The molecule has 2 aromatic heterocycles. The van der Waals surface area contributed by atoms with Crippen LogP contribution in [0.25, 0.3) is 0 Å². The van der Waals surface area contributed by atoms with E-state index in [1.807, 2.05) is 13.1 Å². The lowest BCUT2D eigenvalue weighted by Gasteiger charge is -2.10. The number of aliphatic hydroxyl groups is 1. The van der Waals surface area contributed by atoms with E-state index in [-0.39, 0.29) is 0 Å². The molecule has 0 saturated heterocycles. The molecule has 78 valence electrons. The molecule has 0 fully saturated rings. The number of pyridine rings is 1. The van der Waals surface area contributed by atoms with Crippen molar-refractivity contribution in [3.05, 3.63) is 46.7 Å². The first-order valence-corrected chi connectivity index (χ1v) is 5.23. The maximum atomic E-state index is 10.0. The molecule has 0 amide bonds. The predicted molar refractivity (Wildman–Crippen MR) is 59.2 cm³/mol. The summed E-state index contributed by atoms with van der Waals surface area (Å²) in [6.07, 6.45) is 6.02. The van der Waals surface area contributed by atoms with Crippen LogP contribution in [0.4, 0.5) is 0 Å². The first-order valence-electron chi connectivity index (χ1n) is 4.44. The standard InChI is InChI=1S/C10H10BrN3O/c1-14-3-2-13-10(14)9(15)7-4-8(11)6-12-5-7/h2-6,9,15H,1H3/t9-/m0/s1. The summed E-state index contributed by atoms with van der Waals surface area (Å²) in [5.74, 6) is 0.606. The molecule has 0 radical (unpaired) electrons. The molecule has 2 aromatic rings. The molecule has 0 aliphatic rings. The summed E-state index contributed by atoms with van der Waals surface area (Å²) in [7, 11) is 1.84. The Balaban J connectivity index is 2.36. The van der Waals surface area contributed by atoms with Gasteiger partial charge in [0.25, 0.3) is 0 Å². The fourth-order valence-electron chi connectivity index (χ4n) is 1.37. The molecule has 0 aliphatic heterocycles. The molecular formula is C10H10BrN3O. The van der Waals surface area contributed by atoms with E-state index in [2.05, 4.69) is 25.9 Å². The second-order valence-electron chi connectivity index (χ2n) is 3.24. The van der Waals surface area contributed by atoms with E-state index < -0.39 is 6.10 Å². The molecule has 5 heteroatoms. The minimum absolute atomic E-state index is 0.606. The first kappa shape index (κ1) is 10.3. The lowest BCUT2D eigenvalue weighted by atomic mass is 10.1. The summed E-state index contributed by atoms with van der Waals surface area (Å²) < 4.78 is 2.62. The minimum Gasteiger partial charge on any atom is -0.380 e. The molecule has 0 saturated carbocycles. The average molecular weight is 268 g/mol. The molecule has 0 aromatic carbocycles. The van der Waals surface area contributed by atoms with Crippen molar-refractivity contribution in [1.29, 1.82) is 0 Å². The van der Waals surface area contributed by atoms with Gasteiger partial charge in [0, 0.05) is 41.9 Å². The summed E-state index contributed by atoms with van der Waals surface area (Å²) in [5, 5.41) is 10.0. The number of aryl methyl sites for hydroxylation is 1. The maximum absolute atomic E-state index is 10.0. The minimum atomic E-state index is -0.741. The third kappa shape index (κ3) is 2.08. The molecule has 0 spiro atoms. The number of rotatable bonds is 2. The Labute approximate surface area is 95.7 Å². The van der Waals surface area contributed by atoms with Gasteiger partial charge in [0.15, 0.2) is 0 Å². The van der Waals surface area contributed by atoms with Crippen LogP contribution in [0.5, 0.6) is 0 Å². The van der Waals surface area contributed by atoms with Crippen LogP contribution in [0.2, 0.25) is 0 Å². The second kappa shape index (κ2) is 4.12. The van der Waals surface area contributed by atoms with Gasteiger partial charge in [-0.15, -0.1) is 0 Å². The molecule has 2 heterocycles. The van der Waals surface area contributed by atoms with E-state index >= 15 is 0 Å². The van der Waals surface area contributed by atoms with Crippen molar-refractivity contribution in [2.75, 3.05) is 0 Å². The monoisotopic (exact) mass is 267 g/mol. The summed E-state index contributed by atoms with van der Waals surface area (Å²) in [5.41, 5.74) is 0.721. The fraction of sp³-hybridized carbons (Fsp3) is 0.200. The zero-order valence-electron chi connectivity index (χ0n) is 8.13. The van der Waals surface area contributed by atoms with Crippen molar-refractivity contribution in [3.8, 4) is 0 Å². The highest BCUT2D eigenvalue weighted by molar-refractivity contribution is 9.10. The van der Waals surface area contributed by atoms with Crippen LogP contribution in [0, 0.1) is 0 Å². The Morgan fingerprint density at radius 3 is 2.87 bits per heavy atom. The van der Waals surface area contributed by atoms with Crippen molar-refractivity contribution >= 4 is 15.9 Å². The third-order valence-corrected chi connectivity index (χ3v) is 2.58. The van der Waals surface area contributed by atoms with Crippen LogP contribution in [0.1, 0.15) is 17.5 Å². The van der Waals surface area contributed by atoms with Gasteiger partial charge in [0.05, 0.1) is 0 Å². The highest BCUT2D eigenvalue weighted by Crippen LogP contribution is 2.21. The lowest BCUT2D eigenvalue weighted by molar-refractivity contribution is 0.206. The van der Waals surface area contributed by atoms with Gasteiger partial charge < -0.3 is 9.67 Å². The predicted octanol–water partition coefficient (Wildman–Crippen LogP) is 1.66. The van der Waals surface area contributed by atoms with Gasteiger partial charge in [-0.3, -0.25) is 4.98 Å². The van der Waals surface area contributed by atoms with Crippen LogP contribution >= 0.6 is 15.9 Å². The maximum Gasteiger partial charge on any atom is 0.142 e. The second-order valence-corrected chi connectivity index (χ2v) is 4.15. The van der Waals surface area contributed by atoms with E-state index in [0.717, 1.165) is 10.0 Å². The van der Waals surface area contributed by atoms with Gasteiger partial charge in [-0.1, -0.05) is 0 Å². The molecule has 0 aliphatic carbocycles. The number of aliphatic hydroxyl groups excluding tert-OH is 1. The van der Waals surface area contributed by atoms with E-state index in [9.17, 15) is 5.11 Å². The van der Waals surface area contributed by atoms with Crippen LogP contribution < -0.4 is 0 Å². The Morgan fingerprint density at radius 1 is 1.47 bits per heavy atom. The SMILES string of the molecule is Cn1ccnc1[C@@H](O)c1cncc(Br)c1. The van der Waals surface area contributed by atoms with E-state index in [1.165, 1.54) is 0 Å². The van der Waals surface area contributed by atoms with Crippen LogP contribution in [0.15, 0.2) is 35.3 Å². The van der Waals surface area contributed by atoms with Gasteiger partial charge in [-0.2, -0.15) is 0 Å². The molecule has 2 rings (SSSR count). The van der Waals surface area contributed by atoms with Crippen molar-refractivity contribution in [2.24, 2.45) is 7.05 Å². The number of nitrogens with zero attached hydrogens (tertiary/aromatic N) is 3. The normalized spacial score (nSPS) is 12.7. The quantitative estimate of drug-likeness (QED) is 0.901. The number of imidazole rings is 1. The fourth-order valence-corrected chi connectivity index (χ4v) is 1.75. The third-order valence-electron chi connectivity index (χ3n) is 2.14. The van der Waals surface area contributed by atoms with E-state index in [1.54, 1.807) is 29.4 Å². The first-order chi connectivity index (χ1) is 7.18. The largest absolute Gasteiger partial charge is 0.380 e. The number of hydrogen-bond acceptors (Lipinski definition) is 3. The van der Waals surface area contributed by atoms with Crippen molar-refractivity contribution in [3.63, 3.8) is 0 Å². The van der Waals surface area contributed by atoms with Gasteiger partial charge in [0.2, 0.25) is 0 Å². The summed E-state index contributed by atoms with van der Waals surface area (Å²) in [6, 6.07) is 1.83. The lowest BCUT2D eigenvalue weighted by Crippen LogP contribution is -2.07. The number of halogens is 1. The Morgan fingerprint density at radius 2 is 2.27 bits per heavy atom. The summed E-state index contributed by atoms with van der Waals surface area (Å²) in [6.45, 7) is 0. The number of hydrogen-bond donors (Lipinski definition) is 1. The zero-order chi connectivity index (χ0) is 10.8. The Bertz CT molecular complexity index is 469. The molecule has 15 heavy (non-hydrogen) atoms. The van der Waals surface area contributed by atoms with Gasteiger partial charge in [-0.25, -0.2) is 4.98 Å². The molecule has 4 nitrogen and oxygen atoms in total. The molecular weight excluding hydrogens is 258 g/mol. The Kier molecular flexibility index (Phi) is 2.83. The van der Waals surface area contributed by atoms with Gasteiger partial charge in [0.1, 0.15) is 11.9 Å². The average Bonchev–Trinajstić information content (AvgIpc) is 2.63. The molecule has 1 atom stereocenters. The van der Waals surface area contributed by atoms with Crippen molar-refractivity contribution in [2.45, 2.75) is 6.10 Å². The van der Waals surface area contributed by atoms with E-state index in [0.29, 0.717) is 5.82 Å². The highest BCUT2D eigenvalue weighted by Gasteiger charge is 2.15. The summed E-state index contributed by atoms with van der Waals surface area (Å²) in [4.78, 5) is 8.09. The smallest absolute Gasteiger partial charge is 0.142 e.